The van der Waals surface area contributed by atoms with Gasteiger partial charge in [-0.15, -0.1) is 18.2 Å². The maximum Gasteiger partial charge on any atom is 0 e. The Kier molecular flexibility index (Phi) is 14.8. The molecule has 5 aromatic carbocycles. The third-order valence-corrected chi connectivity index (χ3v) is 16.3. The normalized spacial score (nSPS) is 11.8. The maximum atomic E-state index is 7.15. The van der Waals surface area contributed by atoms with Gasteiger partial charge in [-0.2, -0.15) is 0 Å². The van der Waals surface area contributed by atoms with Crippen molar-refractivity contribution in [3.63, 3.8) is 0 Å². The Hall–Kier alpha value is -5.97. The van der Waals surface area contributed by atoms with Crippen LogP contribution in [0.5, 0.6) is 0 Å². The Labute approximate surface area is 401 Å². The minimum Gasteiger partial charge on any atom is 0 e. The largest absolute Gasteiger partial charge is 0 e. The zero-order chi connectivity index (χ0) is 45.0. The van der Waals surface area contributed by atoms with E-state index in [1.54, 1.807) is 6.07 Å². The summed E-state index contributed by atoms with van der Waals surface area (Å²) in [5.41, 5.74) is 14.8. The van der Waals surface area contributed by atoms with E-state index in [4.69, 9.17) is 21.0 Å². The zero-order valence-electron chi connectivity index (χ0n) is 38.4. The van der Waals surface area contributed by atoms with Crippen molar-refractivity contribution in [2.75, 3.05) is 0 Å². The first-order valence-electron chi connectivity index (χ1n) is 22.2. The summed E-state index contributed by atoms with van der Waals surface area (Å²) in [6, 6.07) is 54.3. The Morgan fingerprint density at radius 2 is 1.35 bits per heavy atom. The smallest absolute Gasteiger partial charge is 0 e. The summed E-state index contributed by atoms with van der Waals surface area (Å²) in [4.78, 5) is 18.0. The molecule has 0 aliphatic heterocycles. The average Bonchev–Trinajstić information content (AvgIpc) is 3.69. The van der Waals surface area contributed by atoms with E-state index in [0.29, 0.717) is 29.2 Å². The Bertz CT molecular complexity index is 3050. The minimum absolute atomic E-state index is 0. The van der Waals surface area contributed by atoms with Crippen molar-refractivity contribution in [1.29, 1.82) is 0 Å². The number of benzene rings is 5. The molecule has 0 spiro atoms. The van der Waals surface area contributed by atoms with Crippen LogP contribution in [0.4, 0.5) is 5.69 Å². The molecule has 0 amide bonds. The SMILES string of the molecule is CC(C)C(C)c1ccnc(-c2[c-]ccc3c2oc2nc(-c4c(-c5ccccc5)cccc4-c4ccccc4)ccc23)c1.[C-]#[N+]c1cc[c-]c(-c2cc(CC(C)C)[c]([Ge]([CH3])([CH3])[CH3])cn2)c1.[Ir]. The van der Waals surface area contributed by atoms with Crippen LogP contribution in [-0.2, 0) is 26.5 Å². The van der Waals surface area contributed by atoms with E-state index in [9.17, 15) is 0 Å². The third-order valence-electron chi connectivity index (χ3n) is 12.0. The van der Waals surface area contributed by atoms with E-state index >= 15 is 0 Å². The van der Waals surface area contributed by atoms with Crippen LogP contribution >= 0.6 is 0 Å². The standard InChI is InChI=1S/C39H31N2O.C19H23GeN2.Ir/c1-25(2)26(3)29-22-23-40-36(24-29)34-19-11-18-32-33-20-21-35(41-39(33)42-38(32)34)37-30(27-12-6-4-7-13-27)16-10-17-31(37)28-14-8-5-9-15-28;1-14(2)10-16-12-19(22-13-18(16)20(3,4)5)15-8-7-9-17(11-15)21-6;/h4-18,20-26H,1-3H3;7,9,11-14H,10H2,1-5H3;/q2*-1;. The van der Waals surface area contributed by atoms with Gasteiger partial charge in [-0.25, -0.2) is 4.98 Å². The number of fused-ring (bicyclic) bond motifs is 3. The molecular formula is C58H54GeIrN4O-2. The average molecular weight is 1090 g/mol. The van der Waals surface area contributed by atoms with Crippen molar-refractivity contribution in [2.45, 2.75) is 64.2 Å². The Morgan fingerprint density at radius 3 is 1.98 bits per heavy atom. The van der Waals surface area contributed by atoms with Crippen LogP contribution in [-0.4, -0.2) is 28.2 Å². The molecule has 0 fully saturated rings. The van der Waals surface area contributed by atoms with Crippen LogP contribution in [0.1, 0.15) is 51.7 Å². The van der Waals surface area contributed by atoms with E-state index in [2.05, 4.69) is 183 Å². The van der Waals surface area contributed by atoms with Gasteiger partial charge < -0.3 is 9.40 Å². The molecule has 0 saturated carbocycles. The van der Waals surface area contributed by atoms with E-state index in [-0.39, 0.29) is 20.1 Å². The van der Waals surface area contributed by atoms with Crippen LogP contribution < -0.4 is 4.40 Å². The van der Waals surface area contributed by atoms with Crippen molar-refractivity contribution in [2.24, 2.45) is 11.8 Å². The van der Waals surface area contributed by atoms with Crippen LogP contribution in [0.25, 0.3) is 82.9 Å². The molecule has 0 N–H and O–H groups in total. The van der Waals surface area contributed by atoms with Crippen LogP contribution in [0.2, 0.25) is 17.3 Å². The molecule has 327 valence electrons. The number of nitrogens with zero attached hydrogens (tertiary/aromatic N) is 4. The topological polar surface area (TPSA) is 56.2 Å². The molecule has 4 aromatic heterocycles. The molecule has 1 radical (unpaired) electrons. The summed E-state index contributed by atoms with van der Waals surface area (Å²) in [5, 5.41) is 2.00. The summed E-state index contributed by atoms with van der Waals surface area (Å²) in [7, 11) is 0. The Balaban J connectivity index is 0.000000233. The molecule has 0 aliphatic rings. The van der Waals surface area contributed by atoms with Crippen LogP contribution in [0.3, 0.4) is 0 Å². The van der Waals surface area contributed by atoms with E-state index in [0.717, 1.165) is 78.8 Å². The molecule has 0 saturated heterocycles. The second kappa shape index (κ2) is 20.5. The number of rotatable bonds is 10. The summed E-state index contributed by atoms with van der Waals surface area (Å²) >= 11 is -1.93. The quantitative estimate of drug-likeness (QED) is 0.101. The van der Waals surface area contributed by atoms with Gasteiger partial charge in [-0.3, -0.25) is 0 Å². The molecule has 7 heteroatoms. The zero-order valence-corrected chi connectivity index (χ0v) is 42.9. The van der Waals surface area contributed by atoms with E-state index in [1.165, 1.54) is 15.5 Å². The van der Waals surface area contributed by atoms with Gasteiger partial charge in [-0.1, -0.05) is 122 Å². The van der Waals surface area contributed by atoms with Crippen molar-refractivity contribution in [1.82, 2.24) is 15.0 Å². The Morgan fingerprint density at radius 1 is 0.677 bits per heavy atom. The maximum absolute atomic E-state index is 7.15. The molecule has 0 aliphatic carbocycles. The molecule has 9 aromatic rings. The second-order valence-electron chi connectivity index (χ2n) is 18.4. The summed E-state index contributed by atoms with van der Waals surface area (Å²) in [6.45, 7) is 18.4. The second-order valence-corrected chi connectivity index (χ2v) is 28.9. The molecular weight excluding hydrogens is 1030 g/mol. The first-order chi connectivity index (χ1) is 30.9. The van der Waals surface area contributed by atoms with Crippen LogP contribution in [0.15, 0.2) is 156 Å². The van der Waals surface area contributed by atoms with Crippen LogP contribution in [0, 0.1) is 30.5 Å². The molecule has 65 heavy (non-hydrogen) atoms. The van der Waals surface area contributed by atoms with Gasteiger partial charge >= 0.3 is 137 Å². The number of hydrogen-bond donors (Lipinski definition) is 0. The number of furan rings is 1. The molecule has 9 rings (SSSR count). The summed E-state index contributed by atoms with van der Waals surface area (Å²) in [5.74, 6) is 8.81. The summed E-state index contributed by atoms with van der Waals surface area (Å²) in [6.07, 6.45) is 5.04. The molecule has 0 bridgehead atoms. The van der Waals surface area contributed by atoms with Crippen molar-refractivity contribution < 1.29 is 24.5 Å². The first kappa shape index (κ1) is 47.0. The third kappa shape index (κ3) is 10.5. The minimum atomic E-state index is -1.93. The van der Waals surface area contributed by atoms with Gasteiger partial charge in [0.1, 0.15) is 0 Å². The molecule has 5 nitrogen and oxygen atoms in total. The predicted molar refractivity (Wildman–Crippen MR) is 269 cm³/mol. The monoisotopic (exact) mass is 1090 g/mol. The molecule has 1 atom stereocenters. The fourth-order valence-electron chi connectivity index (χ4n) is 8.35. The predicted octanol–water partition coefficient (Wildman–Crippen LogP) is 15.4. The van der Waals surface area contributed by atoms with Crippen molar-refractivity contribution in [3.05, 3.63) is 187 Å². The van der Waals surface area contributed by atoms with Gasteiger partial charge in [0.05, 0.1) is 11.3 Å². The number of hydrogen-bond acceptors (Lipinski definition) is 4. The summed E-state index contributed by atoms with van der Waals surface area (Å²) < 4.78 is 8.04. The van der Waals surface area contributed by atoms with E-state index < -0.39 is 13.3 Å². The van der Waals surface area contributed by atoms with Gasteiger partial charge in [0, 0.05) is 37.3 Å². The van der Waals surface area contributed by atoms with E-state index in [1.807, 2.05) is 36.5 Å². The van der Waals surface area contributed by atoms with Crippen molar-refractivity contribution >= 4 is 45.4 Å². The fourth-order valence-corrected chi connectivity index (χ4v) is 11.7. The van der Waals surface area contributed by atoms with Gasteiger partial charge in [0.2, 0.25) is 5.71 Å². The van der Waals surface area contributed by atoms with Gasteiger partial charge in [0.25, 0.3) is 0 Å². The molecule has 1 unspecified atom stereocenters. The van der Waals surface area contributed by atoms with Gasteiger partial charge in [-0.05, 0) is 58.0 Å². The molecule has 4 heterocycles. The van der Waals surface area contributed by atoms with Gasteiger partial charge in [0.15, 0.2) is 0 Å². The van der Waals surface area contributed by atoms with Crippen molar-refractivity contribution in [3.8, 4) is 56.0 Å². The fraction of sp³-hybridized carbons (Fsp3) is 0.207. The number of aromatic nitrogens is 3. The number of pyridine rings is 3. The first-order valence-corrected chi connectivity index (χ1v) is 29.6.